The van der Waals surface area contributed by atoms with Crippen molar-refractivity contribution in [1.82, 2.24) is 10.2 Å². The van der Waals surface area contributed by atoms with Gasteiger partial charge >= 0.3 is 0 Å². The SMILES string of the molecule is Cc1ccc(N(CC(=O)N(Cc2ccc(Cl)cc2Cl)C(C)C(=O)NCC(C)C)S(=O)(=O)c2ccccc2)cc1. The number of carbonyl (C=O) groups is 2. The van der Waals surface area contributed by atoms with Crippen molar-refractivity contribution in [3.8, 4) is 0 Å². The molecule has 0 fully saturated rings. The van der Waals surface area contributed by atoms with Crippen LogP contribution >= 0.6 is 23.2 Å². The molecule has 0 saturated heterocycles. The van der Waals surface area contributed by atoms with Crippen molar-refractivity contribution >= 4 is 50.7 Å². The Kier molecular flexibility index (Phi) is 10.4. The van der Waals surface area contributed by atoms with Crippen LogP contribution in [0.3, 0.4) is 0 Å². The van der Waals surface area contributed by atoms with Gasteiger partial charge in [-0.3, -0.25) is 13.9 Å². The number of carbonyl (C=O) groups excluding carboxylic acids is 2. The number of hydrogen-bond donors (Lipinski definition) is 1. The van der Waals surface area contributed by atoms with Crippen molar-refractivity contribution in [2.45, 2.75) is 45.2 Å². The molecule has 0 heterocycles. The van der Waals surface area contributed by atoms with Crippen LogP contribution in [0.25, 0.3) is 0 Å². The second-order valence-electron chi connectivity index (χ2n) is 9.73. The minimum atomic E-state index is -4.11. The number of aryl methyl sites for hydroxylation is 1. The maximum Gasteiger partial charge on any atom is 0.264 e. The van der Waals surface area contributed by atoms with Gasteiger partial charge in [0.25, 0.3) is 10.0 Å². The van der Waals surface area contributed by atoms with Crippen LogP contribution in [0.15, 0.2) is 77.7 Å². The third-order valence-electron chi connectivity index (χ3n) is 6.14. The quantitative estimate of drug-likeness (QED) is 0.311. The molecular weight excluding hydrogens is 557 g/mol. The largest absolute Gasteiger partial charge is 0.354 e. The second-order valence-corrected chi connectivity index (χ2v) is 12.4. The summed E-state index contributed by atoms with van der Waals surface area (Å²) in [5.41, 5.74) is 1.85. The Bertz CT molecular complexity index is 1400. The van der Waals surface area contributed by atoms with Gasteiger partial charge in [-0.1, -0.05) is 79.0 Å². The third-order valence-corrected chi connectivity index (χ3v) is 8.51. The number of sulfonamides is 1. The average molecular weight is 591 g/mol. The minimum absolute atomic E-state index is 0.0157. The van der Waals surface area contributed by atoms with Crippen LogP contribution in [0.2, 0.25) is 10.0 Å². The van der Waals surface area contributed by atoms with Gasteiger partial charge in [0.15, 0.2) is 0 Å². The third kappa shape index (κ3) is 7.97. The number of halogens is 2. The predicted molar refractivity (Wildman–Crippen MR) is 156 cm³/mol. The molecule has 39 heavy (non-hydrogen) atoms. The lowest BCUT2D eigenvalue weighted by Crippen LogP contribution is -2.51. The summed E-state index contributed by atoms with van der Waals surface area (Å²) in [4.78, 5) is 28.3. The van der Waals surface area contributed by atoms with E-state index in [4.69, 9.17) is 23.2 Å². The normalized spacial score (nSPS) is 12.2. The number of rotatable bonds is 11. The molecule has 0 bridgehead atoms. The number of amides is 2. The van der Waals surface area contributed by atoms with Crippen LogP contribution in [-0.2, 0) is 26.2 Å². The molecule has 0 aliphatic carbocycles. The topological polar surface area (TPSA) is 86.8 Å². The lowest BCUT2D eigenvalue weighted by Gasteiger charge is -2.32. The van der Waals surface area contributed by atoms with E-state index in [1.165, 1.54) is 17.0 Å². The molecule has 3 aromatic rings. The van der Waals surface area contributed by atoms with Gasteiger partial charge in [-0.15, -0.1) is 0 Å². The van der Waals surface area contributed by atoms with Crippen molar-refractivity contribution in [3.63, 3.8) is 0 Å². The Morgan fingerprint density at radius 3 is 2.15 bits per heavy atom. The van der Waals surface area contributed by atoms with Crippen molar-refractivity contribution in [3.05, 3.63) is 94.0 Å². The molecule has 3 rings (SSSR count). The lowest BCUT2D eigenvalue weighted by molar-refractivity contribution is -0.139. The molecule has 0 saturated carbocycles. The Balaban J connectivity index is 2.01. The summed E-state index contributed by atoms with van der Waals surface area (Å²) in [6.45, 7) is 7.33. The first kappa shape index (κ1) is 30.5. The Morgan fingerprint density at radius 2 is 1.56 bits per heavy atom. The Morgan fingerprint density at radius 1 is 0.923 bits per heavy atom. The van der Waals surface area contributed by atoms with E-state index in [0.29, 0.717) is 27.8 Å². The van der Waals surface area contributed by atoms with Gasteiger partial charge < -0.3 is 10.2 Å². The standard InChI is InChI=1S/C29H33Cl2N3O4S/c1-20(2)17-32-29(36)22(4)33(18-23-12-13-24(30)16-27(23)31)28(35)19-34(25-14-10-21(3)11-15-25)39(37,38)26-8-6-5-7-9-26/h5-16,20,22H,17-19H2,1-4H3,(H,32,36). The number of nitrogens with one attached hydrogen (secondary N) is 1. The molecule has 10 heteroatoms. The maximum atomic E-state index is 13.9. The van der Waals surface area contributed by atoms with Crippen LogP contribution in [0.4, 0.5) is 5.69 Å². The molecule has 3 aromatic carbocycles. The number of anilines is 1. The van der Waals surface area contributed by atoms with E-state index in [1.54, 1.807) is 67.6 Å². The van der Waals surface area contributed by atoms with Crippen molar-refractivity contribution in [2.24, 2.45) is 5.92 Å². The molecule has 1 unspecified atom stereocenters. The van der Waals surface area contributed by atoms with Gasteiger partial charge in [0, 0.05) is 23.1 Å². The van der Waals surface area contributed by atoms with E-state index in [-0.39, 0.29) is 23.3 Å². The van der Waals surface area contributed by atoms with Gasteiger partial charge in [0.2, 0.25) is 11.8 Å². The van der Waals surface area contributed by atoms with Crippen molar-refractivity contribution < 1.29 is 18.0 Å². The fourth-order valence-electron chi connectivity index (χ4n) is 3.83. The fraction of sp³-hybridized carbons (Fsp3) is 0.310. The first-order chi connectivity index (χ1) is 18.4. The Hall–Kier alpha value is -3.07. The predicted octanol–water partition coefficient (Wildman–Crippen LogP) is 5.69. The minimum Gasteiger partial charge on any atom is -0.354 e. The van der Waals surface area contributed by atoms with Crippen LogP contribution in [-0.4, -0.2) is 44.3 Å². The van der Waals surface area contributed by atoms with E-state index in [1.807, 2.05) is 20.8 Å². The van der Waals surface area contributed by atoms with Gasteiger partial charge in [-0.05, 0) is 61.7 Å². The van der Waals surface area contributed by atoms with Gasteiger partial charge in [0.05, 0.1) is 10.6 Å². The van der Waals surface area contributed by atoms with Gasteiger partial charge in [-0.25, -0.2) is 8.42 Å². The molecular formula is C29H33Cl2N3O4S. The van der Waals surface area contributed by atoms with Crippen molar-refractivity contribution in [1.29, 1.82) is 0 Å². The number of nitrogens with zero attached hydrogens (tertiary/aromatic N) is 2. The molecule has 0 aromatic heterocycles. The highest BCUT2D eigenvalue weighted by molar-refractivity contribution is 7.92. The molecule has 1 N–H and O–H groups in total. The first-order valence-corrected chi connectivity index (χ1v) is 14.7. The summed E-state index contributed by atoms with van der Waals surface area (Å²) in [6.07, 6.45) is 0. The molecule has 0 aliphatic rings. The van der Waals surface area contributed by atoms with E-state index in [9.17, 15) is 18.0 Å². The lowest BCUT2D eigenvalue weighted by atomic mass is 10.1. The van der Waals surface area contributed by atoms with Gasteiger partial charge in [0.1, 0.15) is 12.6 Å². The highest BCUT2D eigenvalue weighted by Gasteiger charge is 2.32. The maximum absolute atomic E-state index is 13.9. The molecule has 208 valence electrons. The van der Waals surface area contributed by atoms with E-state index in [2.05, 4.69) is 5.32 Å². The molecule has 1 atom stereocenters. The second kappa shape index (κ2) is 13.3. The molecule has 7 nitrogen and oxygen atoms in total. The monoisotopic (exact) mass is 589 g/mol. The summed E-state index contributed by atoms with van der Waals surface area (Å²) < 4.78 is 28.6. The zero-order chi connectivity index (χ0) is 28.7. The number of benzene rings is 3. The number of hydrogen-bond acceptors (Lipinski definition) is 4. The van der Waals surface area contributed by atoms with E-state index in [0.717, 1.165) is 9.87 Å². The zero-order valence-corrected chi connectivity index (χ0v) is 24.7. The first-order valence-electron chi connectivity index (χ1n) is 12.6. The van der Waals surface area contributed by atoms with Crippen LogP contribution in [0, 0.1) is 12.8 Å². The molecule has 0 radical (unpaired) electrons. The highest BCUT2D eigenvalue weighted by Crippen LogP contribution is 2.26. The van der Waals surface area contributed by atoms with Crippen molar-refractivity contribution in [2.75, 3.05) is 17.4 Å². The summed E-state index contributed by atoms with van der Waals surface area (Å²) in [5.74, 6) is -0.702. The molecule has 0 aliphatic heterocycles. The van der Waals surface area contributed by atoms with Gasteiger partial charge in [-0.2, -0.15) is 0 Å². The molecule has 0 spiro atoms. The summed E-state index contributed by atoms with van der Waals surface area (Å²) >= 11 is 12.5. The fourth-order valence-corrected chi connectivity index (χ4v) is 5.73. The summed E-state index contributed by atoms with van der Waals surface area (Å²) in [7, 11) is -4.11. The van der Waals surface area contributed by atoms with E-state index < -0.39 is 28.5 Å². The van der Waals surface area contributed by atoms with Crippen LogP contribution in [0.5, 0.6) is 0 Å². The van der Waals surface area contributed by atoms with E-state index >= 15 is 0 Å². The molecule has 2 amide bonds. The summed E-state index contributed by atoms with van der Waals surface area (Å²) in [6, 6.07) is 18.8. The van der Waals surface area contributed by atoms with Crippen LogP contribution in [0.1, 0.15) is 31.9 Å². The highest BCUT2D eigenvalue weighted by atomic mass is 35.5. The average Bonchev–Trinajstić information content (AvgIpc) is 2.90. The zero-order valence-electron chi connectivity index (χ0n) is 22.4. The van der Waals surface area contributed by atoms with Crippen LogP contribution < -0.4 is 9.62 Å². The Labute approximate surface area is 240 Å². The smallest absolute Gasteiger partial charge is 0.264 e. The summed E-state index contributed by atoms with van der Waals surface area (Å²) in [5, 5.41) is 3.62.